The van der Waals surface area contributed by atoms with E-state index in [2.05, 4.69) is 4.98 Å². The van der Waals surface area contributed by atoms with Gasteiger partial charge in [-0.15, -0.1) is 0 Å². The summed E-state index contributed by atoms with van der Waals surface area (Å²) < 4.78 is 14.1. The molecule has 2 aromatic heterocycles. The van der Waals surface area contributed by atoms with Crippen molar-refractivity contribution in [2.24, 2.45) is 0 Å². The molecule has 4 aromatic rings. The molecule has 29 heavy (non-hydrogen) atoms. The summed E-state index contributed by atoms with van der Waals surface area (Å²) in [4.78, 5) is 23.2. The Balaban J connectivity index is 1.68. The van der Waals surface area contributed by atoms with Gasteiger partial charge in [0.2, 0.25) is 0 Å². The van der Waals surface area contributed by atoms with Gasteiger partial charge in [0.25, 0.3) is 5.56 Å². The molecule has 0 fully saturated rings. The van der Waals surface area contributed by atoms with Gasteiger partial charge in [0.1, 0.15) is 5.82 Å². The van der Waals surface area contributed by atoms with Gasteiger partial charge in [0.05, 0.1) is 21.7 Å². The SMILES string of the molecule is Cc1cccc(-n2c(SCCS(=O)c3ccccc3)nc3ccccc3c2=O)n1. The molecule has 0 aliphatic rings. The molecule has 0 amide bonds. The molecule has 146 valence electrons. The first-order valence-electron chi connectivity index (χ1n) is 9.15. The van der Waals surface area contributed by atoms with Gasteiger partial charge in [-0.2, -0.15) is 0 Å². The fraction of sp³-hybridized carbons (Fsp3) is 0.136. The van der Waals surface area contributed by atoms with Crippen molar-refractivity contribution in [2.75, 3.05) is 11.5 Å². The number of thioether (sulfide) groups is 1. The molecule has 0 saturated heterocycles. The van der Waals surface area contributed by atoms with E-state index in [-0.39, 0.29) is 5.56 Å². The van der Waals surface area contributed by atoms with Crippen molar-refractivity contribution in [1.29, 1.82) is 0 Å². The van der Waals surface area contributed by atoms with Crippen molar-refractivity contribution in [3.63, 3.8) is 0 Å². The second-order valence-electron chi connectivity index (χ2n) is 6.40. The molecule has 1 atom stereocenters. The first kappa shape index (κ1) is 19.5. The van der Waals surface area contributed by atoms with Crippen LogP contribution in [0.25, 0.3) is 16.7 Å². The highest BCUT2D eigenvalue weighted by Gasteiger charge is 2.15. The predicted molar refractivity (Wildman–Crippen MR) is 118 cm³/mol. The van der Waals surface area contributed by atoms with E-state index < -0.39 is 10.8 Å². The second-order valence-corrected chi connectivity index (χ2v) is 9.03. The van der Waals surface area contributed by atoms with Crippen LogP contribution in [0.1, 0.15) is 5.69 Å². The molecule has 7 heteroatoms. The molecule has 0 N–H and O–H groups in total. The van der Waals surface area contributed by atoms with Crippen LogP contribution < -0.4 is 5.56 Å². The highest BCUT2D eigenvalue weighted by Crippen LogP contribution is 2.21. The van der Waals surface area contributed by atoms with Gasteiger partial charge in [0.15, 0.2) is 5.16 Å². The summed E-state index contributed by atoms with van der Waals surface area (Å²) in [6, 6.07) is 22.3. The van der Waals surface area contributed by atoms with Gasteiger partial charge in [-0.05, 0) is 43.3 Å². The minimum Gasteiger partial charge on any atom is -0.268 e. The van der Waals surface area contributed by atoms with Gasteiger partial charge in [-0.1, -0.05) is 48.2 Å². The molecule has 0 spiro atoms. The summed E-state index contributed by atoms with van der Waals surface area (Å²) in [6.45, 7) is 1.89. The Bertz CT molecular complexity index is 1240. The van der Waals surface area contributed by atoms with Gasteiger partial charge >= 0.3 is 0 Å². The van der Waals surface area contributed by atoms with Crippen LogP contribution in [0, 0.1) is 6.92 Å². The summed E-state index contributed by atoms with van der Waals surface area (Å²) in [7, 11) is -1.10. The average molecular weight is 422 g/mol. The third-order valence-electron chi connectivity index (χ3n) is 4.35. The van der Waals surface area contributed by atoms with E-state index in [1.54, 1.807) is 16.7 Å². The highest BCUT2D eigenvalue weighted by molar-refractivity contribution is 8.00. The first-order valence-corrected chi connectivity index (χ1v) is 11.5. The van der Waals surface area contributed by atoms with Crippen LogP contribution >= 0.6 is 11.8 Å². The first-order chi connectivity index (χ1) is 14.1. The highest BCUT2D eigenvalue weighted by atomic mass is 32.2. The maximum absolute atomic E-state index is 13.2. The molecule has 1 unspecified atom stereocenters. The Kier molecular flexibility index (Phi) is 5.87. The van der Waals surface area contributed by atoms with Crippen molar-refractivity contribution in [3.05, 3.63) is 88.8 Å². The van der Waals surface area contributed by atoms with E-state index in [0.29, 0.717) is 33.4 Å². The summed E-state index contributed by atoms with van der Waals surface area (Å²) >= 11 is 1.42. The molecule has 0 aliphatic heterocycles. The number of hydrogen-bond donors (Lipinski definition) is 0. The molecular formula is C22H19N3O2S2. The van der Waals surface area contributed by atoms with Crippen molar-refractivity contribution in [3.8, 4) is 5.82 Å². The lowest BCUT2D eigenvalue weighted by Gasteiger charge is -2.13. The van der Waals surface area contributed by atoms with Crippen LogP contribution in [0.5, 0.6) is 0 Å². The molecule has 0 radical (unpaired) electrons. The third kappa shape index (κ3) is 4.31. The maximum atomic E-state index is 13.2. The number of pyridine rings is 1. The normalized spacial score (nSPS) is 12.2. The standard InChI is InChI=1S/C22H19N3O2S2/c1-16-8-7-13-20(23-16)25-21(26)18-11-5-6-12-19(18)24-22(25)28-14-15-29(27)17-9-3-2-4-10-17/h2-13H,14-15H2,1H3. The van der Waals surface area contributed by atoms with Gasteiger partial charge in [-0.3, -0.25) is 9.00 Å². The lowest BCUT2D eigenvalue weighted by molar-refractivity contribution is 0.684. The Hall–Kier alpha value is -2.77. The van der Waals surface area contributed by atoms with Crippen LogP contribution in [0.2, 0.25) is 0 Å². The number of aromatic nitrogens is 3. The Morgan fingerprint density at radius 3 is 2.48 bits per heavy atom. The number of benzene rings is 2. The molecule has 0 saturated carbocycles. The van der Waals surface area contributed by atoms with E-state index >= 15 is 0 Å². The van der Waals surface area contributed by atoms with Crippen LogP contribution in [-0.2, 0) is 10.8 Å². The van der Waals surface area contributed by atoms with Gasteiger partial charge in [0, 0.05) is 22.1 Å². The fourth-order valence-electron chi connectivity index (χ4n) is 2.96. The molecule has 0 bridgehead atoms. The number of nitrogens with zero attached hydrogens (tertiary/aromatic N) is 3. The van der Waals surface area contributed by atoms with Gasteiger partial charge < -0.3 is 0 Å². The average Bonchev–Trinajstić information content (AvgIpc) is 2.74. The smallest absolute Gasteiger partial charge is 0.267 e. The molecule has 0 aliphatic carbocycles. The maximum Gasteiger partial charge on any atom is 0.267 e. The molecule has 4 rings (SSSR count). The molecular weight excluding hydrogens is 402 g/mol. The number of aryl methyl sites for hydroxylation is 1. The monoisotopic (exact) mass is 421 g/mol. The summed E-state index contributed by atoms with van der Waals surface area (Å²) in [5.41, 5.74) is 1.32. The number of rotatable bonds is 6. The van der Waals surface area contributed by atoms with Crippen molar-refractivity contribution in [1.82, 2.24) is 14.5 Å². The van der Waals surface area contributed by atoms with E-state index in [1.807, 2.05) is 67.6 Å². The Labute approximate surface area is 175 Å². The van der Waals surface area contributed by atoms with E-state index in [0.717, 1.165) is 10.6 Å². The van der Waals surface area contributed by atoms with Crippen molar-refractivity contribution < 1.29 is 4.21 Å². The zero-order valence-electron chi connectivity index (χ0n) is 15.8. The summed E-state index contributed by atoms with van der Waals surface area (Å²) in [5.74, 6) is 1.58. The summed E-state index contributed by atoms with van der Waals surface area (Å²) in [5, 5.41) is 1.10. The third-order valence-corrected chi connectivity index (χ3v) is 6.93. The van der Waals surface area contributed by atoms with Crippen LogP contribution in [0.4, 0.5) is 0 Å². The minimum absolute atomic E-state index is 0.152. The van der Waals surface area contributed by atoms with Crippen molar-refractivity contribution in [2.45, 2.75) is 17.0 Å². The van der Waals surface area contributed by atoms with Crippen LogP contribution in [0.15, 0.2) is 87.6 Å². The Morgan fingerprint density at radius 1 is 0.931 bits per heavy atom. The quantitative estimate of drug-likeness (QED) is 0.348. The summed E-state index contributed by atoms with van der Waals surface area (Å²) in [6.07, 6.45) is 0. The van der Waals surface area contributed by atoms with Crippen LogP contribution in [0.3, 0.4) is 0 Å². The number of hydrogen-bond acceptors (Lipinski definition) is 5. The predicted octanol–water partition coefficient (Wildman–Crippen LogP) is 3.99. The topological polar surface area (TPSA) is 64.8 Å². The second kappa shape index (κ2) is 8.71. The van der Waals surface area contributed by atoms with Crippen LogP contribution in [-0.4, -0.2) is 30.2 Å². The fourth-order valence-corrected chi connectivity index (χ4v) is 5.25. The molecule has 2 heterocycles. The number of fused-ring (bicyclic) bond motifs is 1. The lowest BCUT2D eigenvalue weighted by Crippen LogP contribution is -2.23. The van der Waals surface area contributed by atoms with E-state index in [4.69, 9.17) is 4.98 Å². The molecule has 5 nitrogen and oxygen atoms in total. The van der Waals surface area contributed by atoms with E-state index in [1.165, 1.54) is 11.8 Å². The van der Waals surface area contributed by atoms with E-state index in [9.17, 15) is 9.00 Å². The number of para-hydroxylation sites is 1. The zero-order valence-corrected chi connectivity index (χ0v) is 17.5. The van der Waals surface area contributed by atoms with Crippen molar-refractivity contribution >= 4 is 33.5 Å². The molecule has 2 aromatic carbocycles. The Morgan fingerprint density at radius 2 is 1.69 bits per heavy atom. The minimum atomic E-state index is -1.10. The zero-order chi connectivity index (χ0) is 20.2. The van der Waals surface area contributed by atoms with Gasteiger partial charge in [-0.25, -0.2) is 14.5 Å². The largest absolute Gasteiger partial charge is 0.268 e. The lowest BCUT2D eigenvalue weighted by atomic mass is 10.2.